The van der Waals surface area contributed by atoms with E-state index in [1.165, 1.54) is 6.08 Å². The predicted molar refractivity (Wildman–Crippen MR) is 56.9 cm³/mol. The molecule has 2 N–H and O–H groups in total. The van der Waals surface area contributed by atoms with Crippen LogP contribution in [0.5, 0.6) is 0 Å². The highest BCUT2D eigenvalue weighted by atomic mass is 32.3. The minimum absolute atomic E-state index is 0.132. The normalized spacial score (nSPS) is 11.3. The fourth-order valence-corrected chi connectivity index (χ4v) is 0.548. The van der Waals surface area contributed by atoms with Gasteiger partial charge in [0.1, 0.15) is 0 Å². The summed E-state index contributed by atoms with van der Waals surface area (Å²) in [7, 11) is 1.53. The van der Waals surface area contributed by atoms with Crippen LogP contribution in [-0.2, 0) is 15.2 Å². The van der Waals surface area contributed by atoms with Gasteiger partial charge in [-0.05, 0) is 6.08 Å². The zero-order chi connectivity index (χ0) is 12.7. The van der Waals surface area contributed by atoms with E-state index in [9.17, 15) is 4.79 Å². The molecule has 0 bridgehead atoms. The van der Waals surface area contributed by atoms with Crippen molar-refractivity contribution in [2.24, 2.45) is 0 Å². The monoisotopic (exact) mass is 240 g/mol. The number of carbonyl (C=O) groups excluding carboxylic acids is 1. The molecule has 0 aliphatic rings. The zero-order valence-corrected chi connectivity index (χ0v) is 9.99. The molecular weight excluding hydrogens is 222 g/mol. The van der Waals surface area contributed by atoms with Crippen LogP contribution in [0.1, 0.15) is 6.42 Å². The van der Waals surface area contributed by atoms with E-state index in [4.69, 9.17) is 17.5 Å². The molecular formula is C8H18NO5S+. The third kappa shape index (κ3) is 31.9. The van der Waals surface area contributed by atoms with Gasteiger partial charge in [-0.25, -0.2) is 0 Å². The van der Waals surface area contributed by atoms with Crippen molar-refractivity contribution in [1.29, 1.82) is 0 Å². The lowest BCUT2D eigenvalue weighted by atomic mass is 10.2. The highest BCUT2D eigenvalue weighted by Gasteiger charge is 2.07. The second-order valence-electron chi connectivity index (χ2n) is 3.88. The van der Waals surface area contributed by atoms with Gasteiger partial charge in [0.2, 0.25) is 0 Å². The van der Waals surface area contributed by atoms with Crippen molar-refractivity contribution in [3.05, 3.63) is 12.7 Å². The topological polar surface area (TPSA) is 91.7 Å². The summed E-state index contributed by atoms with van der Waals surface area (Å²) in [6, 6.07) is 0. The molecule has 6 nitrogen and oxygen atoms in total. The molecule has 7 heteroatoms. The molecule has 0 fully saturated rings. The fourth-order valence-electron chi connectivity index (χ4n) is 0.548. The summed E-state index contributed by atoms with van der Waals surface area (Å²) < 4.78 is 32.4. The minimum atomic E-state index is -4.67. The predicted octanol–water partition coefficient (Wildman–Crippen LogP) is 0.185. The van der Waals surface area contributed by atoms with Gasteiger partial charge < -0.3 is 4.48 Å². The molecule has 0 aliphatic carbocycles. The lowest BCUT2D eigenvalue weighted by molar-refractivity contribution is -0.869. The van der Waals surface area contributed by atoms with Crippen molar-refractivity contribution in [3.63, 3.8) is 0 Å². The van der Waals surface area contributed by atoms with Crippen LogP contribution in [0.2, 0.25) is 0 Å². The molecule has 0 aromatic carbocycles. The first kappa shape index (κ1) is 16.7. The molecule has 90 valence electrons. The molecule has 15 heavy (non-hydrogen) atoms. The molecule has 0 amide bonds. The summed E-state index contributed by atoms with van der Waals surface area (Å²) >= 11 is 0. The number of carbonyl (C=O) groups is 1. The Morgan fingerprint density at radius 3 is 1.87 bits per heavy atom. The van der Waals surface area contributed by atoms with Crippen molar-refractivity contribution in [2.45, 2.75) is 6.42 Å². The summed E-state index contributed by atoms with van der Waals surface area (Å²) in [5, 5.41) is 0. The Kier molecular flexibility index (Phi) is 7.41. The van der Waals surface area contributed by atoms with Crippen LogP contribution in [0.3, 0.4) is 0 Å². The Bertz CT molecular complexity index is 293. The van der Waals surface area contributed by atoms with Crippen LogP contribution >= 0.6 is 0 Å². The molecule has 0 unspecified atom stereocenters. The number of quaternary nitrogens is 1. The second-order valence-corrected chi connectivity index (χ2v) is 4.78. The molecule has 0 radical (unpaired) electrons. The number of hydrogen-bond acceptors (Lipinski definition) is 3. The Balaban J connectivity index is 0. The molecule has 0 heterocycles. The number of hydrogen-bond donors (Lipinski definition) is 2. The van der Waals surface area contributed by atoms with E-state index < -0.39 is 10.4 Å². The average molecular weight is 240 g/mol. The van der Waals surface area contributed by atoms with Crippen LogP contribution in [0, 0.1) is 0 Å². The molecule has 0 aliphatic heterocycles. The fraction of sp³-hybridized carbons (Fsp3) is 0.625. The zero-order valence-electron chi connectivity index (χ0n) is 9.17. The molecule has 0 spiro atoms. The first-order valence-corrected chi connectivity index (χ1v) is 5.51. The van der Waals surface area contributed by atoms with E-state index in [-0.39, 0.29) is 5.78 Å². The summed E-state index contributed by atoms with van der Waals surface area (Å²) in [5.41, 5.74) is 0. The third-order valence-corrected chi connectivity index (χ3v) is 1.26. The largest absolute Gasteiger partial charge is 0.394 e. The van der Waals surface area contributed by atoms with Crippen LogP contribution in [0.4, 0.5) is 0 Å². The molecule has 0 rings (SSSR count). The average Bonchev–Trinajstić information content (AvgIpc) is 1.95. The van der Waals surface area contributed by atoms with Gasteiger partial charge in [-0.2, -0.15) is 8.42 Å². The highest BCUT2D eigenvalue weighted by Crippen LogP contribution is 1.94. The van der Waals surface area contributed by atoms with Crippen LogP contribution < -0.4 is 0 Å². The van der Waals surface area contributed by atoms with Crippen molar-refractivity contribution < 1.29 is 26.8 Å². The lowest BCUT2D eigenvalue weighted by Crippen LogP contribution is -2.36. The minimum Gasteiger partial charge on any atom is -0.331 e. The van der Waals surface area contributed by atoms with E-state index >= 15 is 0 Å². The Hall–Kier alpha value is -0.760. The van der Waals surface area contributed by atoms with Gasteiger partial charge in [-0.15, -0.1) is 0 Å². The summed E-state index contributed by atoms with van der Waals surface area (Å²) in [5.74, 6) is 0.132. The van der Waals surface area contributed by atoms with Crippen LogP contribution in [0.15, 0.2) is 12.7 Å². The maximum Gasteiger partial charge on any atom is 0.394 e. The Labute approximate surface area is 90.4 Å². The van der Waals surface area contributed by atoms with E-state index in [0.717, 1.165) is 11.0 Å². The van der Waals surface area contributed by atoms with Crippen LogP contribution in [0.25, 0.3) is 0 Å². The number of nitrogens with zero attached hydrogens (tertiary/aromatic N) is 1. The highest BCUT2D eigenvalue weighted by molar-refractivity contribution is 7.79. The lowest BCUT2D eigenvalue weighted by Gasteiger charge is -2.22. The van der Waals surface area contributed by atoms with Crippen LogP contribution in [-0.4, -0.2) is 55.5 Å². The van der Waals surface area contributed by atoms with Crippen molar-refractivity contribution in [2.75, 3.05) is 27.7 Å². The molecule has 0 saturated heterocycles. The van der Waals surface area contributed by atoms with Gasteiger partial charge in [-0.3, -0.25) is 13.9 Å². The SMILES string of the molecule is C=CC(=O)CC[N+](C)(C)C.O=S(=O)(O)O. The van der Waals surface area contributed by atoms with Gasteiger partial charge in [0.15, 0.2) is 5.78 Å². The van der Waals surface area contributed by atoms with E-state index in [1.807, 2.05) is 0 Å². The number of allylic oxidation sites excluding steroid dienone is 1. The van der Waals surface area contributed by atoms with Crippen molar-refractivity contribution in [1.82, 2.24) is 0 Å². The summed E-state index contributed by atoms with van der Waals surface area (Å²) in [6.07, 6.45) is 1.99. The Morgan fingerprint density at radius 1 is 1.33 bits per heavy atom. The smallest absolute Gasteiger partial charge is 0.331 e. The molecule has 0 aromatic heterocycles. The number of rotatable bonds is 4. The maximum atomic E-state index is 10.7. The standard InChI is InChI=1S/C8H16NO.H2O4S/c1-5-8(10)6-7-9(2,3)4;1-5(2,3)4/h5H,1,6-7H2,2-4H3;(H2,1,2,3,4)/q+1;. The van der Waals surface area contributed by atoms with Gasteiger partial charge in [0.25, 0.3) is 0 Å². The van der Waals surface area contributed by atoms with Gasteiger partial charge in [0.05, 0.1) is 34.1 Å². The van der Waals surface area contributed by atoms with Gasteiger partial charge in [-0.1, -0.05) is 6.58 Å². The van der Waals surface area contributed by atoms with Crippen molar-refractivity contribution >= 4 is 16.2 Å². The third-order valence-electron chi connectivity index (χ3n) is 1.26. The number of ketones is 1. The van der Waals surface area contributed by atoms with Crippen molar-refractivity contribution in [3.8, 4) is 0 Å². The van der Waals surface area contributed by atoms with Gasteiger partial charge in [0, 0.05) is 0 Å². The molecule has 0 atom stereocenters. The first-order valence-electron chi connectivity index (χ1n) is 4.11. The molecule has 0 aromatic rings. The van der Waals surface area contributed by atoms with E-state index in [2.05, 4.69) is 27.7 Å². The molecule has 0 saturated carbocycles. The van der Waals surface area contributed by atoms with Gasteiger partial charge >= 0.3 is 10.4 Å². The maximum absolute atomic E-state index is 10.7. The summed E-state index contributed by atoms with van der Waals surface area (Å²) in [6.45, 7) is 4.28. The quantitative estimate of drug-likeness (QED) is 0.415. The first-order chi connectivity index (χ1) is 6.45. The Morgan fingerprint density at radius 2 is 1.67 bits per heavy atom. The van der Waals surface area contributed by atoms with E-state index in [0.29, 0.717) is 6.42 Å². The summed E-state index contributed by atoms with van der Waals surface area (Å²) in [4.78, 5) is 10.7. The van der Waals surface area contributed by atoms with E-state index in [1.54, 1.807) is 0 Å². The second kappa shape index (κ2) is 6.67.